The van der Waals surface area contributed by atoms with Crippen LogP contribution in [0.2, 0.25) is 0 Å². The van der Waals surface area contributed by atoms with Crippen molar-refractivity contribution < 1.29 is 9.53 Å². The predicted molar refractivity (Wildman–Crippen MR) is 96.3 cm³/mol. The van der Waals surface area contributed by atoms with Gasteiger partial charge in [-0.25, -0.2) is 0 Å². The lowest BCUT2D eigenvalue weighted by Crippen LogP contribution is -2.41. The molecule has 0 saturated heterocycles. The van der Waals surface area contributed by atoms with Crippen molar-refractivity contribution in [3.05, 3.63) is 58.7 Å². The molecule has 0 fully saturated rings. The van der Waals surface area contributed by atoms with Crippen molar-refractivity contribution in [2.24, 2.45) is 0 Å². The van der Waals surface area contributed by atoms with Crippen molar-refractivity contribution in [2.75, 3.05) is 5.73 Å². The predicted octanol–water partition coefficient (Wildman–Crippen LogP) is 3.92. The van der Waals surface area contributed by atoms with Gasteiger partial charge in [-0.2, -0.15) is 0 Å². The Labute approximate surface area is 143 Å². The van der Waals surface area contributed by atoms with E-state index in [1.807, 2.05) is 64.1 Å². The summed E-state index contributed by atoms with van der Waals surface area (Å²) in [6.07, 6.45) is 0.695. The largest absolute Gasteiger partial charge is 0.487 e. The first-order chi connectivity index (χ1) is 11.3. The van der Waals surface area contributed by atoms with Gasteiger partial charge in [0.25, 0.3) is 5.91 Å². The summed E-state index contributed by atoms with van der Waals surface area (Å²) >= 11 is 0. The van der Waals surface area contributed by atoms with Gasteiger partial charge in [-0.05, 0) is 63.1 Å². The normalized spacial score (nSPS) is 18.4. The van der Waals surface area contributed by atoms with Gasteiger partial charge in [0.05, 0.1) is 6.04 Å². The second-order valence-corrected chi connectivity index (χ2v) is 7.14. The van der Waals surface area contributed by atoms with E-state index in [1.165, 1.54) is 0 Å². The van der Waals surface area contributed by atoms with Crippen LogP contribution in [0, 0.1) is 13.8 Å². The fraction of sp³-hybridized carbons (Fsp3) is 0.350. The topological polar surface area (TPSA) is 64.3 Å². The number of nitrogens with one attached hydrogen (secondary N) is 1. The monoisotopic (exact) mass is 324 g/mol. The number of hydrogen-bond donors (Lipinski definition) is 2. The lowest BCUT2D eigenvalue weighted by molar-refractivity contribution is 0.0620. The molecular formula is C20H24N2O2. The molecule has 1 atom stereocenters. The molecule has 1 amide bonds. The first-order valence-electron chi connectivity index (χ1n) is 8.22. The van der Waals surface area contributed by atoms with Crippen molar-refractivity contribution in [3.63, 3.8) is 0 Å². The van der Waals surface area contributed by atoms with Gasteiger partial charge >= 0.3 is 0 Å². The van der Waals surface area contributed by atoms with Crippen molar-refractivity contribution in [3.8, 4) is 5.75 Å². The van der Waals surface area contributed by atoms with Crippen LogP contribution in [-0.2, 0) is 0 Å². The molecule has 1 unspecified atom stereocenters. The molecule has 1 heterocycles. The van der Waals surface area contributed by atoms with Crippen LogP contribution in [0.4, 0.5) is 5.69 Å². The van der Waals surface area contributed by atoms with Gasteiger partial charge in [-0.3, -0.25) is 4.79 Å². The third kappa shape index (κ3) is 3.09. The molecule has 0 aliphatic carbocycles. The number of anilines is 1. The first-order valence-corrected chi connectivity index (χ1v) is 8.22. The number of nitrogen functional groups attached to an aromatic ring is 1. The number of ether oxygens (including phenoxy) is 1. The van der Waals surface area contributed by atoms with Crippen LogP contribution in [0.25, 0.3) is 0 Å². The van der Waals surface area contributed by atoms with E-state index in [2.05, 4.69) is 5.32 Å². The fourth-order valence-corrected chi connectivity index (χ4v) is 3.23. The Kier molecular flexibility index (Phi) is 3.99. The molecular weight excluding hydrogens is 300 g/mol. The molecule has 4 heteroatoms. The van der Waals surface area contributed by atoms with Crippen molar-refractivity contribution in [1.82, 2.24) is 5.32 Å². The summed E-state index contributed by atoms with van der Waals surface area (Å²) < 4.78 is 6.03. The Morgan fingerprint density at radius 1 is 1.25 bits per heavy atom. The molecule has 0 radical (unpaired) electrons. The average molecular weight is 324 g/mol. The first kappa shape index (κ1) is 16.4. The molecule has 2 aromatic carbocycles. The van der Waals surface area contributed by atoms with Crippen LogP contribution >= 0.6 is 0 Å². The zero-order chi connectivity index (χ0) is 17.5. The zero-order valence-corrected chi connectivity index (χ0v) is 14.6. The number of rotatable bonds is 2. The highest BCUT2D eigenvalue weighted by molar-refractivity contribution is 5.96. The summed E-state index contributed by atoms with van der Waals surface area (Å²) in [5.74, 6) is 0.721. The number of carbonyl (C=O) groups is 1. The third-order valence-corrected chi connectivity index (χ3v) is 4.65. The van der Waals surface area contributed by atoms with Gasteiger partial charge < -0.3 is 15.8 Å². The maximum absolute atomic E-state index is 12.8. The minimum Gasteiger partial charge on any atom is -0.487 e. The number of aryl methyl sites for hydroxylation is 1. The van der Waals surface area contributed by atoms with Gasteiger partial charge in [-0.15, -0.1) is 0 Å². The van der Waals surface area contributed by atoms with Crippen molar-refractivity contribution >= 4 is 11.6 Å². The quantitative estimate of drug-likeness (QED) is 0.823. The molecule has 2 aromatic rings. The Bertz CT molecular complexity index is 796. The molecule has 0 aromatic heterocycles. The minimum absolute atomic E-state index is 0.0627. The zero-order valence-electron chi connectivity index (χ0n) is 14.6. The Balaban J connectivity index is 1.93. The number of amides is 1. The average Bonchev–Trinajstić information content (AvgIpc) is 2.50. The second kappa shape index (κ2) is 5.86. The van der Waals surface area contributed by atoms with Gasteiger partial charge in [-0.1, -0.05) is 12.1 Å². The van der Waals surface area contributed by atoms with Crippen molar-refractivity contribution in [1.29, 1.82) is 0 Å². The van der Waals surface area contributed by atoms with Gasteiger partial charge in [0, 0.05) is 23.2 Å². The summed E-state index contributed by atoms with van der Waals surface area (Å²) in [5.41, 5.74) is 10.0. The molecule has 3 N–H and O–H groups in total. The van der Waals surface area contributed by atoms with E-state index < -0.39 is 0 Å². The molecule has 24 heavy (non-hydrogen) atoms. The van der Waals surface area contributed by atoms with E-state index in [4.69, 9.17) is 10.5 Å². The molecule has 0 spiro atoms. The number of fused-ring (bicyclic) bond motifs is 1. The summed E-state index contributed by atoms with van der Waals surface area (Å²) in [5, 5.41) is 3.17. The van der Waals surface area contributed by atoms with E-state index >= 15 is 0 Å². The van der Waals surface area contributed by atoms with Gasteiger partial charge in [0.2, 0.25) is 0 Å². The van der Waals surface area contributed by atoms with Gasteiger partial charge in [0.1, 0.15) is 11.4 Å². The van der Waals surface area contributed by atoms with E-state index in [9.17, 15) is 4.79 Å². The fourth-order valence-electron chi connectivity index (χ4n) is 3.23. The molecule has 3 rings (SSSR count). The molecule has 1 aliphatic rings. The lowest BCUT2D eigenvalue weighted by Gasteiger charge is -2.38. The minimum atomic E-state index is -0.345. The van der Waals surface area contributed by atoms with Crippen LogP contribution in [0.15, 0.2) is 36.4 Å². The van der Waals surface area contributed by atoms with Crippen LogP contribution in [0.1, 0.15) is 53.4 Å². The van der Waals surface area contributed by atoms with Crippen LogP contribution in [0.3, 0.4) is 0 Å². The second-order valence-electron chi connectivity index (χ2n) is 7.14. The smallest absolute Gasteiger partial charge is 0.252 e. The molecule has 4 nitrogen and oxygen atoms in total. The number of carbonyl (C=O) groups excluding carboxylic acids is 1. The molecule has 1 aliphatic heterocycles. The lowest BCUT2D eigenvalue weighted by atomic mass is 9.89. The maximum atomic E-state index is 12.8. The SMILES string of the molecule is Cc1cccc(C(=O)NC2CC(C)(C)Oc3ccc(N)cc32)c1C. The van der Waals surface area contributed by atoms with Crippen molar-refractivity contribution in [2.45, 2.75) is 45.8 Å². The number of nitrogens with two attached hydrogens (primary N) is 1. The Morgan fingerprint density at radius 3 is 2.75 bits per heavy atom. The van der Waals surface area contributed by atoms with E-state index in [1.54, 1.807) is 0 Å². The Hall–Kier alpha value is -2.49. The highest BCUT2D eigenvalue weighted by Crippen LogP contribution is 2.40. The van der Waals surface area contributed by atoms with Crippen LogP contribution in [0.5, 0.6) is 5.75 Å². The number of benzene rings is 2. The van der Waals surface area contributed by atoms with Crippen LogP contribution in [-0.4, -0.2) is 11.5 Å². The summed E-state index contributed by atoms with van der Waals surface area (Å²) in [4.78, 5) is 12.8. The van der Waals surface area contributed by atoms with E-state index in [0.717, 1.165) is 22.4 Å². The standard InChI is InChI=1S/C20H24N2O2/c1-12-6-5-7-15(13(12)2)19(23)22-17-11-20(3,4)24-18-9-8-14(21)10-16(17)18/h5-10,17H,11,21H2,1-4H3,(H,22,23). The summed E-state index contributed by atoms with van der Waals surface area (Å²) in [6.45, 7) is 8.05. The highest BCUT2D eigenvalue weighted by atomic mass is 16.5. The van der Waals surface area contributed by atoms with Gasteiger partial charge in [0.15, 0.2) is 0 Å². The third-order valence-electron chi connectivity index (χ3n) is 4.65. The molecule has 0 bridgehead atoms. The highest BCUT2D eigenvalue weighted by Gasteiger charge is 2.34. The summed E-state index contributed by atoms with van der Waals surface area (Å²) in [7, 11) is 0. The van der Waals surface area contributed by atoms with E-state index in [0.29, 0.717) is 17.7 Å². The number of hydrogen-bond acceptors (Lipinski definition) is 3. The molecule has 0 saturated carbocycles. The van der Waals surface area contributed by atoms with E-state index in [-0.39, 0.29) is 17.6 Å². The summed E-state index contributed by atoms with van der Waals surface area (Å²) in [6, 6.07) is 11.3. The Morgan fingerprint density at radius 2 is 2.00 bits per heavy atom. The molecule has 126 valence electrons. The van der Waals surface area contributed by atoms with Crippen LogP contribution < -0.4 is 15.8 Å². The maximum Gasteiger partial charge on any atom is 0.252 e.